The summed E-state index contributed by atoms with van der Waals surface area (Å²) in [4.78, 5) is 16.7. The van der Waals surface area contributed by atoms with Gasteiger partial charge in [0.15, 0.2) is 0 Å². The molecule has 0 saturated carbocycles. The van der Waals surface area contributed by atoms with Crippen molar-refractivity contribution in [3.05, 3.63) is 18.0 Å². The van der Waals surface area contributed by atoms with Crippen LogP contribution in [0.1, 0.15) is 43.8 Å². The Balaban J connectivity index is 1.42. The highest BCUT2D eigenvalue weighted by Gasteiger charge is 2.37. The van der Waals surface area contributed by atoms with E-state index in [1.165, 1.54) is 0 Å². The molecular formula is C18H26F2N4O2. The maximum absolute atomic E-state index is 13.3. The molecule has 1 aromatic rings. The molecule has 0 N–H and O–H groups in total. The summed E-state index contributed by atoms with van der Waals surface area (Å²) in [5.41, 5.74) is 1.12. The van der Waals surface area contributed by atoms with Gasteiger partial charge in [-0.25, -0.2) is 8.78 Å². The van der Waals surface area contributed by atoms with E-state index >= 15 is 0 Å². The minimum Gasteiger partial charge on any atom is -0.381 e. The fourth-order valence-corrected chi connectivity index (χ4v) is 4.31. The molecule has 0 aromatic carbocycles. The Morgan fingerprint density at radius 1 is 1.27 bits per heavy atom. The van der Waals surface area contributed by atoms with Crippen LogP contribution in [0.5, 0.6) is 0 Å². The van der Waals surface area contributed by atoms with Gasteiger partial charge in [-0.05, 0) is 18.9 Å². The van der Waals surface area contributed by atoms with E-state index in [1.807, 2.05) is 10.7 Å². The molecule has 4 heterocycles. The monoisotopic (exact) mass is 368 g/mol. The lowest BCUT2D eigenvalue weighted by molar-refractivity contribution is -0.138. The number of alkyl halides is 2. The van der Waals surface area contributed by atoms with E-state index in [0.717, 1.165) is 44.8 Å². The molecule has 1 amide bonds. The maximum Gasteiger partial charge on any atom is 0.251 e. The van der Waals surface area contributed by atoms with Gasteiger partial charge in [-0.2, -0.15) is 5.10 Å². The van der Waals surface area contributed by atoms with Crippen LogP contribution in [0.2, 0.25) is 0 Å². The first-order valence-corrected chi connectivity index (χ1v) is 9.52. The first-order chi connectivity index (χ1) is 12.5. The van der Waals surface area contributed by atoms with Crippen LogP contribution in [0.3, 0.4) is 0 Å². The molecule has 6 nitrogen and oxygen atoms in total. The van der Waals surface area contributed by atoms with Crippen LogP contribution in [0.25, 0.3) is 0 Å². The zero-order valence-electron chi connectivity index (χ0n) is 14.9. The third-order valence-electron chi connectivity index (χ3n) is 5.87. The standard InChI is InChI=1S/C18H26F2N4O2/c19-18(20)4-7-22(8-5-18)17(25)11-16-13-23(14-2-9-26-10-3-14)12-15-1-6-21-24(15)16/h1,6,14,16H,2-5,7-13H2/t16-/m1/s1. The average molecular weight is 368 g/mol. The maximum atomic E-state index is 13.3. The van der Waals surface area contributed by atoms with Gasteiger partial charge in [0.1, 0.15) is 0 Å². The molecule has 0 aliphatic carbocycles. The minimum atomic E-state index is -2.63. The van der Waals surface area contributed by atoms with Crippen molar-refractivity contribution in [1.82, 2.24) is 19.6 Å². The molecule has 2 saturated heterocycles. The zero-order chi connectivity index (χ0) is 18.1. The molecule has 144 valence electrons. The van der Waals surface area contributed by atoms with Gasteiger partial charge in [0.05, 0.1) is 18.2 Å². The van der Waals surface area contributed by atoms with Crippen molar-refractivity contribution in [1.29, 1.82) is 0 Å². The average Bonchev–Trinajstić information content (AvgIpc) is 3.11. The first kappa shape index (κ1) is 17.9. The van der Waals surface area contributed by atoms with Crippen molar-refractivity contribution in [2.45, 2.75) is 56.7 Å². The van der Waals surface area contributed by atoms with Crippen molar-refractivity contribution < 1.29 is 18.3 Å². The van der Waals surface area contributed by atoms with E-state index in [-0.39, 0.29) is 37.9 Å². The second-order valence-electron chi connectivity index (χ2n) is 7.63. The Hall–Kier alpha value is -1.54. The third kappa shape index (κ3) is 3.76. The number of likely N-dealkylation sites (tertiary alicyclic amines) is 1. The lowest BCUT2D eigenvalue weighted by Gasteiger charge is -2.40. The zero-order valence-corrected chi connectivity index (χ0v) is 14.9. The van der Waals surface area contributed by atoms with Crippen LogP contribution in [0, 0.1) is 0 Å². The van der Waals surface area contributed by atoms with Crippen LogP contribution in [-0.4, -0.2) is 70.3 Å². The van der Waals surface area contributed by atoms with Crippen LogP contribution in [0.4, 0.5) is 8.78 Å². The lowest BCUT2D eigenvalue weighted by atomic mass is 10.0. The van der Waals surface area contributed by atoms with E-state index < -0.39 is 5.92 Å². The largest absolute Gasteiger partial charge is 0.381 e. The predicted octanol–water partition coefficient (Wildman–Crippen LogP) is 2.07. The SMILES string of the molecule is O=C(C[C@@H]1CN(C2CCOCC2)Cc2ccnn21)N1CCC(F)(F)CC1. The number of halogens is 2. The highest BCUT2D eigenvalue weighted by Crippen LogP contribution is 2.31. The number of piperidine rings is 1. The minimum absolute atomic E-state index is 0.0356. The van der Waals surface area contributed by atoms with Crippen LogP contribution >= 0.6 is 0 Å². The Labute approximate surface area is 152 Å². The number of carbonyl (C=O) groups is 1. The Bertz CT molecular complexity index is 635. The van der Waals surface area contributed by atoms with Gasteiger partial charge in [0.25, 0.3) is 5.92 Å². The van der Waals surface area contributed by atoms with Crippen LogP contribution < -0.4 is 0 Å². The number of amides is 1. The van der Waals surface area contributed by atoms with Crippen LogP contribution in [-0.2, 0) is 16.1 Å². The summed E-state index contributed by atoms with van der Waals surface area (Å²) in [5, 5.41) is 4.41. The van der Waals surface area contributed by atoms with Gasteiger partial charge in [0.2, 0.25) is 5.91 Å². The smallest absolute Gasteiger partial charge is 0.251 e. The fourth-order valence-electron chi connectivity index (χ4n) is 4.31. The lowest BCUT2D eigenvalue weighted by Crippen LogP contribution is -2.48. The van der Waals surface area contributed by atoms with Gasteiger partial charge in [-0.15, -0.1) is 0 Å². The molecule has 26 heavy (non-hydrogen) atoms. The normalized spacial score (nSPS) is 27.3. The number of hydrogen-bond acceptors (Lipinski definition) is 4. The molecule has 0 radical (unpaired) electrons. The Morgan fingerprint density at radius 3 is 2.73 bits per heavy atom. The molecule has 3 aliphatic rings. The molecule has 0 spiro atoms. The van der Waals surface area contributed by atoms with Crippen molar-refractivity contribution in [3.63, 3.8) is 0 Å². The Kier molecular flexibility index (Phi) is 4.96. The second kappa shape index (κ2) is 7.23. The molecular weight excluding hydrogens is 342 g/mol. The molecule has 2 fully saturated rings. The summed E-state index contributed by atoms with van der Waals surface area (Å²) in [6, 6.07) is 2.44. The van der Waals surface area contributed by atoms with Crippen molar-refractivity contribution in [2.24, 2.45) is 0 Å². The molecule has 1 atom stereocenters. The van der Waals surface area contributed by atoms with Gasteiger partial charge in [-0.3, -0.25) is 14.4 Å². The van der Waals surface area contributed by atoms with Crippen LogP contribution in [0.15, 0.2) is 12.3 Å². The molecule has 3 aliphatic heterocycles. The molecule has 8 heteroatoms. The number of rotatable bonds is 3. The number of carbonyl (C=O) groups excluding carboxylic acids is 1. The quantitative estimate of drug-likeness (QED) is 0.820. The number of nitrogens with zero attached hydrogens (tertiary/aromatic N) is 4. The highest BCUT2D eigenvalue weighted by atomic mass is 19.3. The van der Waals surface area contributed by atoms with Gasteiger partial charge in [-0.1, -0.05) is 0 Å². The van der Waals surface area contributed by atoms with E-state index in [0.29, 0.717) is 12.5 Å². The molecule has 0 unspecified atom stereocenters. The van der Waals surface area contributed by atoms with Crippen molar-refractivity contribution in [2.75, 3.05) is 32.8 Å². The second-order valence-corrected chi connectivity index (χ2v) is 7.63. The summed E-state index contributed by atoms with van der Waals surface area (Å²) in [7, 11) is 0. The van der Waals surface area contributed by atoms with Crippen molar-refractivity contribution >= 4 is 5.91 Å². The van der Waals surface area contributed by atoms with E-state index in [4.69, 9.17) is 4.74 Å². The fraction of sp³-hybridized carbons (Fsp3) is 0.778. The Morgan fingerprint density at radius 2 is 2.00 bits per heavy atom. The summed E-state index contributed by atoms with van der Waals surface area (Å²) >= 11 is 0. The third-order valence-corrected chi connectivity index (χ3v) is 5.87. The number of hydrogen-bond donors (Lipinski definition) is 0. The van der Waals surface area contributed by atoms with Crippen molar-refractivity contribution in [3.8, 4) is 0 Å². The summed E-state index contributed by atoms with van der Waals surface area (Å²) in [6.07, 6.45) is 3.66. The topological polar surface area (TPSA) is 50.6 Å². The molecule has 4 rings (SSSR count). The van der Waals surface area contributed by atoms with E-state index in [9.17, 15) is 13.6 Å². The number of fused-ring (bicyclic) bond motifs is 1. The number of aromatic nitrogens is 2. The van der Waals surface area contributed by atoms with Gasteiger partial charge in [0, 0.05) is 64.5 Å². The van der Waals surface area contributed by atoms with Gasteiger partial charge < -0.3 is 9.64 Å². The first-order valence-electron chi connectivity index (χ1n) is 9.52. The van der Waals surface area contributed by atoms with E-state index in [1.54, 1.807) is 11.1 Å². The summed E-state index contributed by atoms with van der Waals surface area (Å²) in [5.74, 6) is -2.67. The summed E-state index contributed by atoms with van der Waals surface area (Å²) in [6.45, 7) is 3.47. The molecule has 1 aromatic heterocycles. The van der Waals surface area contributed by atoms with Gasteiger partial charge >= 0.3 is 0 Å². The molecule has 0 bridgehead atoms. The predicted molar refractivity (Wildman–Crippen MR) is 90.9 cm³/mol. The summed E-state index contributed by atoms with van der Waals surface area (Å²) < 4.78 is 34.1. The van der Waals surface area contributed by atoms with E-state index in [2.05, 4.69) is 10.00 Å². The number of ether oxygens (including phenoxy) is 1. The highest BCUT2D eigenvalue weighted by molar-refractivity contribution is 5.76.